The number of benzene rings is 1. The molecule has 0 atom stereocenters. The van der Waals surface area contributed by atoms with E-state index in [0.717, 1.165) is 22.5 Å². The minimum absolute atomic E-state index is 0.111. The Kier molecular flexibility index (Phi) is 9.47. The van der Waals surface area contributed by atoms with Gasteiger partial charge in [-0.15, -0.1) is 5.11 Å². The number of aromatic nitrogens is 1. The van der Waals surface area contributed by atoms with Gasteiger partial charge in [0.25, 0.3) is 5.56 Å². The summed E-state index contributed by atoms with van der Waals surface area (Å²) in [7, 11) is 1.76. The van der Waals surface area contributed by atoms with Gasteiger partial charge < -0.3 is 4.57 Å². The molecule has 0 spiro atoms. The van der Waals surface area contributed by atoms with Crippen LogP contribution in [0.3, 0.4) is 0 Å². The lowest BCUT2D eigenvalue weighted by Crippen LogP contribution is -2.20. The summed E-state index contributed by atoms with van der Waals surface area (Å²) in [5, 5.41) is 8.25. The quantitative estimate of drug-likeness (QED) is 0.648. The van der Waals surface area contributed by atoms with Gasteiger partial charge in [-0.2, -0.15) is 5.11 Å². The second-order valence-electron chi connectivity index (χ2n) is 4.58. The van der Waals surface area contributed by atoms with Crippen LogP contribution in [0.25, 0.3) is 0 Å². The molecule has 2 rings (SSSR count). The summed E-state index contributed by atoms with van der Waals surface area (Å²) in [5.74, 6) is 0. The summed E-state index contributed by atoms with van der Waals surface area (Å²) in [6.45, 7) is 13.8. The van der Waals surface area contributed by atoms with E-state index in [4.69, 9.17) is 0 Å². The van der Waals surface area contributed by atoms with E-state index >= 15 is 0 Å². The first-order valence-corrected chi connectivity index (χ1v) is 8.16. The highest BCUT2D eigenvalue weighted by Crippen LogP contribution is 2.22. The fraction of sp³-hybridized carbons (Fsp3) is 0.421. The van der Waals surface area contributed by atoms with Crippen LogP contribution in [0, 0.1) is 20.8 Å². The largest absolute Gasteiger partial charge is 0.314 e. The molecular formula is C19H29N3O. The molecule has 4 nitrogen and oxygen atoms in total. The minimum atomic E-state index is -0.111. The molecule has 0 N–H and O–H groups in total. The Balaban J connectivity index is 0.00000112. The zero-order chi connectivity index (χ0) is 18.0. The lowest BCUT2D eigenvalue weighted by Gasteiger charge is -2.11. The molecule has 1 aromatic carbocycles. The number of pyridine rings is 1. The highest BCUT2D eigenvalue weighted by atomic mass is 16.1. The standard InChI is InChI=1S/C15H17N3O.2C2H6/c1-10-11(2)14(15(19)18(4)12(10)3)17-16-13-8-6-5-7-9-13;2*1-2/h5-9H,1-4H3;2*1-2H3. The van der Waals surface area contributed by atoms with Gasteiger partial charge in [0.05, 0.1) is 5.69 Å². The third-order valence-electron chi connectivity index (χ3n) is 3.49. The Morgan fingerprint density at radius 1 is 0.826 bits per heavy atom. The molecule has 0 saturated heterocycles. The summed E-state index contributed by atoms with van der Waals surface area (Å²) in [6.07, 6.45) is 0. The van der Waals surface area contributed by atoms with Gasteiger partial charge in [0, 0.05) is 12.7 Å². The van der Waals surface area contributed by atoms with Crippen molar-refractivity contribution in [1.29, 1.82) is 0 Å². The fourth-order valence-electron chi connectivity index (χ4n) is 1.89. The third kappa shape index (κ3) is 5.16. The van der Waals surface area contributed by atoms with Crippen molar-refractivity contribution in [3.8, 4) is 0 Å². The van der Waals surface area contributed by atoms with E-state index in [1.54, 1.807) is 11.6 Å². The Morgan fingerprint density at radius 2 is 1.35 bits per heavy atom. The van der Waals surface area contributed by atoms with Crippen molar-refractivity contribution < 1.29 is 0 Å². The van der Waals surface area contributed by atoms with E-state index in [0.29, 0.717) is 5.69 Å². The molecule has 0 unspecified atom stereocenters. The molecule has 0 aliphatic carbocycles. The molecule has 0 bridgehead atoms. The molecule has 126 valence electrons. The van der Waals surface area contributed by atoms with Crippen LogP contribution in [0.15, 0.2) is 45.4 Å². The van der Waals surface area contributed by atoms with Crippen LogP contribution in [0.2, 0.25) is 0 Å². The van der Waals surface area contributed by atoms with Crippen LogP contribution < -0.4 is 5.56 Å². The maximum atomic E-state index is 12.2. The van der Waals surface area contributed by atoms with E-state index < -0.39 is 0 Å². The Hall–Kier alpha value is -2.23. The predicted octanol–water partition coefficient (Wildman–Crippen LogP) is 5.78. The third-order valence-corrected chi connectivity index (χ3v) is 3.49. The first kappa shape index (κ1) is 20.8. The molecule has 0 radical (unpaired) electrons. The van der Waals surface area contributed by atoms with Crippen LogP contribution in [-0.2, 0) is 7.05 Å². The van der Waals surface area contributed by atoms with Crippen molar-refractivity contribution in [2.45, 2.75) is 48.5 Å². The average Bonchev–Trinajstić information content (AvgIpc) is 2.62. The zero-order valence-electron chi connectivity index (χ0n) is 15.6. The second-order valence-corrected chi connectivity index (χ2v) is 4.58. The van der Waals surface area contributed by atoms with Crippen LogP contribution >= 0.6 is 0 Å². The molecule has 4 heteroatoms. The molecule has 1 aromatic heterocycles. The molecule has 0 amide bonds. The van der Waals surface area contributed by atoms with E-state index in [2.05, 4.69) is 10.2 Å². The van der Waals surface area contributed by atoms with Crippen molar-refractivity contribution in [1.82, 2.24) is 4.57 Å². The number of azo groups is 1. The smallest absolute Gasteiger partial charge is 0.278 e. The SMILES string of the molecule is CC.CC.Cc1c(C)c(C)n(C)c(=O)c1N=Nc1ccccc1. The van der Waals surface area contributed by atoms with Crippen LogP contribution in [-0.4, -0.2) is 4.57 Å². The van der Waals surface area contributed by atoms with Crippen molar-refractivity contribution in [2.75, 3.05) is 0 Å². The van der Waals surface area contributed by atoms with E-state index in [-0.39, 0.29) is 5.56 Å². The fourth-order valence-corrected chi connectivity index (χ4v) is 1.89. The summed E-state index contributed by atoms with van der Waals surface area (Å²) >= 11 is 0. The highest BCUT2D eigenvalue weighted by molar-refractivity contribution is 5.49. The van der Waals surface area contributed by atoms with Crippen LogP contribution in [0.1, 0.15) is 44.5 Å². The molecule has 0 aliphatic heterocycles. The van der Waals surface area contributed by atoms with Crippen LogP contribution in [0.5, 0.6) is 0 Å². The average molecular weight is 315 g/mol. The van der Waals surface area contributed by atoms with Crippen molar-refractivity contribution >= 4 is 11.4 Å². The number of hydrogen-bond donors (Lipinski definition) is 0. The number of rotatable bonds is 2. The molecule has 0 fully saturated rings. The van der Waals surface area contributed by atoms with Gasteiger partial charge in [-0.25, -0.2) is 0 Å². The van der Waals surface area contributed by atoms with E-state index in [1.807, 2.05) is 78.8 Å². The van der Waals surface area contributed by atoms with Crippen molar-refractivity contribution in [3.05, 3.63) is 57.5 Å². The normalized spacial score (nSPS) is 9.74. The van der Waals surface area contributed by atoms with Gasteiger partial charge in [-0.3, -0.25) is 4.79 Å². The van der Waals surface area contributed by atoms with Crippen LogP contribution in [0.4, 0.5) is 11.4 Å². The van der Waals surface area contributed by atoms with Gasteiger partial charge in [0.2, 0.25) is 0 Å². The van der Waals surface area contributed by atoms with Gasteiger partial charge in [0.1, 0.15) is 0 Å². The van der Waals surface area contributed by atoms with E-state index in [9.17, 15) is 4.79 Å². The zero-order valence-corrected chi connectivity index (χ0v) is 15.6. The molecular weight excluding hydrogens is 286 g/mol. The lowest BCUT2D eigenvalue weighted by atomic mass is 10.1. The molecule has 23 heavy (non-hydrogen) atoms. The Bertz CT molecular complexity index is 686. The monoisotopic (exact) mass is 315 g/mol. The van der Waals surface area contributed by atoms with Gasteiger partial charge >= 0.3 is 0 Å². The minimum Gasteiger partial charge on any atom is -0.314 e. The molecule has 0 saturated carbocycles. The maximum Gasteiger partial charge on any atom is 0.278 e. The molecule has 2 aromatic rings. The van der Waals surface area contributed by atoms with Gasteiger partial charge in [0.15, 0.2) is 5.69 Å². The molecule has 0 aliphatic rings. The van der Waals surface area contributed by atoms with Gasteiger partial charge in [-0.1, -0.05) is 45.9 Å². The summed E-state index contributed by atoms with van der Waals surface area (Å²) < 4.78 is 1.61. The van der Waals surface area contributed by atoms with E-state index in [1.165, 1.54) is 0 Å². The van der Waals surface area contributed by atoms with Crippen molar-refractivity contribution in [3.63, 3.8) is 0 Å². The first-order valence-electron chi connectivity index (χ1n) is 8.16. The maximum absolute atomic E-state index is 12.2. The Morgan fingerprint density at radius 3 is 1.87 bits per heavy atom. The number of hydrogen-bond acceptors (Lipinski definition) is 3. The van der Waals surface area contributed by atoms with Crippen molar-refractivity contribution in [2.24, 2.45) is 17.3 Å². The predicted molar refractivity (Wildman–Crippen MR) is 99.2 cm³/mol. The summed E-state index contributed by atoms with van der Waals surface area (Å²) in [4.78, 5) is 12.2. The molecule has 1 heterocycles. The Labute approximate surface area is 139 Å². The van der Waals surface area contributed by atoms with Gasteiger partial charge in [-0.05, 0) is 44.0 Å². The second kappa shape index (κ2) is 10.5. The lowest BCUT2D eigenvalue weighted by molar-refractivity contribution is 0.801. The highest BCUT2D eigenvalue weighted by Gasteiger charge is 2.11. The summed E-state index contributed by atoms with van der Waals surface area (Å²) in [5.41, 5.74) is 3.96. The topological polar surface area (TPSA) is 46.7 Å². The first-order chi connectivity index (χ1) is 11.0. The summed E-state index contributed by atoms with van der Waals surface area (Å²) in [6, 6.07) is 9.40. The number of nitrogens with zero attached hydrogens (tertiary/aromatic N) is 3.